The molecule has 8 heteroatoms. The summed E-state index contributed by atoms with van der Waals surface area (Å²) < 4.78 is 7.17. The molecule has 1 amide bonds. The Morgan fingerprint density at radius 1 is 1.00 bits per heavy atom. The maximum Gasteiger partial charge on any atom is 0.234 e. The van der Waals surface area contributed by atoms with E-state index in [1.54, 1.807) is 31.4 Å². The van der Waals surface area contributed by atoms with E-state index in [-0.39, 0.29) is 11.7 Å². The molecule has 2 heterocycles. The van der Waals surface area contributed by atoms with Gasteiger partial charge in [0.1, 0.15) is 10.8 Å². The Labute approximate surface area is 194 Å². The van der Waals surface area contributed by atoms with E-state index in [0.717, 1.165) is 28.2 Å². The molecule has 0 atom stereocenters. The number of carbonyl (C=O) groups excluding carboxylic acids is 1. The van der Waals surface area contributed by atoms with Crippen LogP contribution in [0.1, 0.15) is 5.56 Å². The molecular formula is C25H21N5O2S. The van der Waals surface area contributed by atoms with Gasteiger partial charge in [0.2, 0.25) is 5.91 Å². The average Bonchev–Trinajstić information content (AvgIpc) is 3.29. The van der Waals surface area contributed by atoms with Gasteiger partial charge in [0.05, 0.1) is 23.9 Å². The molecule has 0 saturated heterocycles. The number of aromatic nitrogens is 4. The zero-order valence-corrected chi connectivity index (χ0v) is 19.0. The SMILES string of the molecule is COc1ccc(NC(=O)CSc2nc3ccccc3n3c(-c4ccc(C)cc4)nnc23)cc1. The van der Waals surface area contributed by atoms with Gasteiger partial charge in [-0.25, -0.2) is 4.98 Å². The minimum atomic E-state index is -0.128. The second-order valence-electron chi connectivity index (χ2n) is 7.52. The van der Waals surface area contributed by atoms with Crippen LogP contribution in [0.2, 0.25) is 0 Å². The Bertz CT molecular complexity index is 1450. The van der Waals surface area contributed by atoms with Crippen LogP contribution in [0, 0.1) is 6.92 Å². The van der Waals surface area contributed by atoms with Crippen LogP contribution in [-0.4, -0.2) is 38.4 Å². The van der Waals surface area contributed by atoms with Gasteiger partial charge >= 0.3 is 0 Å². The Kier molecular flexibility index (Phi) is 5.66. The zero-order valence-electron chi connectivity index (χ0n) is 18.1. The summed E-state index contributed by atoms with van der Waals surface area (Å²) in [5, 5.41) is 12.5. The van der Waals surface area contributed by atoms with Crippen molar-refractivity contribution in [3.05, 3.63) is 78.4 Å². The molecule has 33 heavy (non-hydrogen) atoms. The van der Waals surface area contributed by atoms with E-state index in [9.17, 15) is 4.79 Å². The Balaban J connectivity index is 1.46. The molecule has 2 aromatic heterocycles. The number of nitrogens with zero attached hydrogens (tertiary/aromatic N) is 4. The van der Waals surface area contributed by atoms with E-state index >= 15 is 0 Å². The molecule has 0 aliphatic carbocycles. The van der Waals surface area contributed by atoms with Gasteiger partial charge in [0.15, 0.2) is 11.5 Å². The van der Waals surface area contributed by atoms with Crippen LogP contribution in [0.5, 0.6) is 5.75 Å². The number of amides is 1. The number of nitrogens with one attached hydrogen (secondary N) is 1. The van der Waals surface area contributed by atoms with Crippen LogP contribution in [-0.2, 0) is 4.79 Å². The van der Waals surface area contributed by atoms with Gasteiger partial charge in [-0.3, -0.25) is 9.20 Å². The zero-order chi connectivity index (χ0) is 22.8. The van der Waals surface area contributed by atoms with E-state index in [1.165, 1.54) is 17.3 Å². The Hall–Kier alpha value is -3.91. The number of aryl methyl sites for hydroxylation is 1. The molecule has 3 aromatic carbocycles. The number of ether oxygens (including phenoxy) is 1. The highest BCUT2D eigenvalue weighted by molar-refractivity contribution is 8.00. The fourth-order valence-electron chi connectivity index (χ4n) is 3.55. The van der Waals surface area contributed by atoms with Gasteiger partial charge in [-0.15, -0.1) is 10.2 Å². The third-order valence-electron chi connectivity index (χ3n) is 5.22. The second kappa shape index (κ2) is 8.91. The molecule has 7 nitrogen and oxygen atoms in total. The van der Waals surface area contributed by atoms with Crippen molar-refractivity contribution in [2.75, 3.05) is 18.2 Å². The predicted octanol–water partition coefficient (Wildman–Crippen LogP) is 4.99. The third-order valence-corrected chi connectivity index (χ3v) is 6.18. The highest BCUT2D eigenvalue weighted by Gasteiger charge is 2.17. The first-order chi connectivity index (χ1) is 16.1. The fraction of sp³-hybridized carbons (Fsp3) is 0.120. The van der Waals surface area contributed by atoms with Gasteiger partial charge in [-0.2, -0.15) is 0 Å². The molecule has 1 N–H and O–H groups in total. The van der Waals surface area contributed by atoms with Crippen molar-refractivity contribution in [2.24, 2.45) is 0 Å². The third kappa shape index (κ3) is 4.25. The number of carbonyl (C=O) groups is 1. The van der Waals surface area contributed by atoms with Crippen molar-refractivity contribution in [3.8, 4) is 17.1 Å². The van der Waals surface area contributed by atoms with Gasteiger partial charge in [0, 0.05) is 11.3 Å². The Morgan fingerprint density at radius 3 is 2.52 bits per heavy atom. The molecule has 0 unspecified atom stereocenters. The number of benzene rings is 3. The van der Waals surface area contributed by atoms with Crippen LogP contribution in [0.15, 0.2) is 77.8 Å². The Morgan fingerprint density at radius 2 is 1.76 bits per heavy atom. The summed E-state index contributed by atoms with van der Waals surface area (Å²) in [4.78, 5) is 17.3. The van der Waals surface area contributed by atoms with Gasteiger partial charge < -0.3 is 10.1 Å². The van der Waals surface area contributed by atoms with Crippen molar-refractivity contribution in [1.29, 1.82) is 0 Å². The molecular weight excluding hydrogens is 434 g/mol. The quantitative estimate of drug-likeness (QED) is 0.363. The summed E-state index contributed by atoms with van der Waals surface area (Å²) >= 11 is 1.34. The normalized spacial score (nSPS) is 11.1. The maximum atomic E-state index is 12.6. The smallest absolute Gasteiger partial charge is 0.234 e. The summed E-state index contributed by atoms with van der Waals surface area (Å²) in [6, 6.07) is 23.3. The molecule has 5 rings (SSSR count). The van der Waals surface area contributed by atoms with Crippen LogP contribution in [0.4, 0.5) is 5.69 Å². The average molecular weight is 456 g/mol. The van der Waals surface area contributed by atoms with E-state index in [1.807, 2.05) is 40.8 Å². The lowest BCUT2D eigenvalue weighted by molar-refractivity contribution is -0.113. The molecule has 0 radical (unpaired) electrons. The molecule has 164 valence electrons. The highest BCUT2D eigenvalue weighted by atomic mass is 32.2. The highest BCUT2D eigenvalue weighted by Crippen LogP contribution is 2.29. The van der Waals surface area contributed by atoms with E-state index in [4.69, 9.17) is 9.72 Å². The lowest BCUT2D eigenvalue weighted by Gasteiger charge is -2.09. The van der Waals surface area contributed by atoms with Crippen LogP contribution < -0.4 is 10.1 Å². The van der Waals surface area contributed by atoms with Crippen LogP contribution in [0.3, 0.4) is 0 Å². The van der Waals surface area contributed by atoms with Crippen molar-refractivity contribution >= 4 is 40.0 Å². The molecule has 0 aliphatic heterocycles. The number of hydrogen-bond acceptors (Lipinski definition) is 6. The number of para-hydroxylation sites is 2. The topological polar surface area (TPSA) is 81.4 Å². The van der Waals surface area contributed by atoms with Crippen molar-refractivity contribution in [3.63, 3.8) is 0 Å². The van der Waals surface area contributed by atoms with E-state index < -0.39 is 0 Å². The largest absolute Gasteiger partial charge is 0.497 e. The first-order valence-electron chi connectivity index (χ1n) is 10.4. The molecule has 0 saturated carbocycles. The van der Waals surface area contributed by atoms with Gasteiger partial charge in [0.25, 0.3) is 0 Å². The summed E-state index contributed by atoms with van der Waals surface area (Å²) in [5.74, 6) is 1.55. The van der Waals surface area contributed by atoms with E-state index in [2.05, 4.69) is 34.6 Å². The molecule has 5 aromatic rings. The number of hydrogen-bond donors (Lipinski definition) is 1. The number of anilines is 1. The van der Waals surface area contributed by atoms with Crippen LogP contribution in [0.25, 0.3) is 28.1 Å². The first-order valence-corrected chi connectivity index (χ1v) is 11.4. The van der Waals surface area contributed by atoms with E-state index in [0.29, 0.717) is 16.4 Å². The number of rotatable bonds is 6. The van der Waals surface area contributed by atoms with Crippen LogP contribution >= 0.6 is 11.8 Å². The molecule has 0 fully saturated rings. The van der Waals surface area contributed by atoms with Crippen molar-refractivity contribution in [2.45, 2.75) is 11.9 Å². The monoisotopic (exact) mass is 455 g/mol. The number of fused-ring (bicyclic) bond motifs is 3. The lowest BCUT2D eigenvalue weighted by atomic mass is 10.1. The summed E-state index contributed by atoms with van der Waals surface area (Å²) in [6.07, 6.45) is 0. The van der Waals surface area contributed by atoms with Gasteiger partial charge in [-0.1, -0.05) is 53.7 Å². The predicted molar refractivity (Wildman–Crippen MR) is 131 cm³/mol. The second-order valence-corrected chi connectivity index (χ2v) is 8.48. The standard InChI is InChI=1S/C25H21N5O2S/c1-16-7-9-17(10-8-16)23-28-29-24-25(27-20-5-3-4-6-21(20)30(23)24)33-15-22(31)26-18-11-13-19(32-2)14-12-18/h3-14H,15H2,1-2H3,(H,26,31). The lowest BCUT2D eigenvalue weighted by Crippen LogP contribution is -2.14. The number of methoxy groups -OCH3 is 1. The number of thioether (sulfide) groups is 1. The molecule has 0 aliphatic rings. The minimum absolute atomic E-state index is 0.128. The minimum Gasteiger partial charge on any atom is -0.497 e. The molecule has 0 spiro atoms. The summed E-state index contributed by atoms with van der Waals surface area (Å²) in [6.45, 7) is 2.05. The molecule has 0 bridgehead atoms. The first kappa shape index (κ1) is 21.0. The fourth-order valence-corrected chi connectivity index (χ4v) is 4.31. The summed E-state index contributed by atoms with van der Waals surface area (Å²) in [5.41, 5.74) is 5.22. The summed E-state index contributed by atoms with van der Waals surface area (Å²) in [7, 11) is 1.61. The van der Waals surface area contributed by atoms with Gasteiger partial charge in [-0.05, 0) is 43.3 Å². The van der Waals surface area contributed by atoms with Crippen molar-refractivity contribution in [1.82, 2.24) is 19.6 Å². The maximum absolute atomic E-state index is 12.6. The van der Waals surface area contributed by atoms with Crippen molar-refractivity contribution < 1.29 is 9.53 Å².